The van der Waals surface area contributed by atoms with Crippen molar-refractivity contribution in [3.63, 3.8) is 0 Å². The van der Waals surface area contributed by atoms with E-state index in [2.05, 4.69) is 22.6 Å². The molecule has 0 aliphatic carbocycles. The molecular formula is C19H23Cl2N3O. The predicted molar refractivity (Wildman–Crippen MR) is 107 cm³/mol. The van der Waals surface area contributed by atoms with E-state index in [0.717, 1.165) is 37.3 Å². The Morgan fingerprint density at radius 3 is 2.48 bits per heavy atom. The van der Waals surface area contributed by atoms with Crippen molar-refractivity contribution in [2.24, 2.45) is 0 Å². The highest BCUT2D eigenvalue weighted by Gasteiger charge is 2.16. The Kier molecular flexibility index (Phi) is 7.12. The number of carbonyl (C=O) groups is 1. The molecule has 2 aromatic carbocycles. The normalized spacial score (nSPS) is 15.3. The summed E-state index contributed by atoms with van der Waals surface area (Å²) < 4.78 is 0. The Balaban J connectivity index is 0.00000225. The summed E-state index contributed by atoms with van der Waals surface area (Å²) >= 11 is 6.08. The van der Waals surface area contributed by atoms with E-state index in [0.29, 0.717) is 16.6 Å². The van der Waals surface area contributed by atoms with Crippen LogP contribution in [0.5, 0.6) is 0 Å². The monoisotopic (exact) mass is 379 g/mol. The van der Waals surface area contributed by atoms with Gasteiger partial charge in [0.1, 0.15) is 0 Å². The van der Waals surface area contributed by atoms with Crippen molar-refractivity contribution in [3.05, 3.63) is 59.1 Å². The second kappa shape index (κ2) is 9.09. The summed E-state index contributed by atoms with van der Waals surface area (Å²) in [6.07, 6.45) is 2.26. The lowest BCUT2D eigenvalue weighted by Gasteiger charge is -2.30. The van der Waals surface area contributed by atoms with Crippen LogP contribution >= 0.6 is 24.0 Å². The number of nitrogens with one attached hydrogen (secondary N) is 2. The Labute approximate surface area is 160 Å². The van der Waals surface area contributed by atoms with E-state index in [9.17, 15) is 4.79 Å². The zero-order valence-electron chi connectivity index (χ0n) is 14.2. The number of hydrogen-bond donors (Lipinski definition) is 2. The van der Waals surface area contributed by atoms with Crippen molar-refractivity contribution in [1.82, 2.24) is 4.90 Å². The molecule has 1 fully saturated rings. The Bertz CT molecular complexity index is 715. The smallest absolute Gasteiger partial charge is 0.257 e. The molecule has 1 aliphatic heterocycles. The van der Waals surface area contributed by atoms with E-state index in [1.165, 1.54) is 0 Å². The number of carbonyl (C=O) groups excluding carboxylic acids is 1. The maximum absolute atomic E-state index is 12.4. The lowest BCUT2D eigenvalue weighted by Crippen LogP contribution is -2.36. The zero-order chi connectivity index (χ0) is 16.9. The lowest BCUT2D eigenvalue weighted by molar-refractivity contribution is 0.102. The molecule has 0 unspecified atom stereocenters. The van der Waals surface area contributed by atoms with Crippen LogP contribution in [0.2, 0.25) is 5.02 Å². The first-order valence-electron chi connectivity index (χ1n) is 8.23. The van der Waals surface area contributed by atoms with Gasteiger partial charge in [0, 0.05) is 17.4 Å². The number of nitrogens with zero attached hydrogens (tertiary/aromatic N) is 1. The number of piperidine rings is 1. The van der Waals surface area contributed by atoms with Crippen molar-refractivity contribution < 1.29 is 4.79 Å². The highest BCUT2D eigenvalue weighted by atomic mass is 35.5. The largest absolute Gasteiger partial charge is 0.382 e. The molecule has 0 atom stereocenters. The van der Waals surface area contributed by atoms with E-state index < -0.39 is 0 Å². The topological polar surface area (TPSA) is 44.4 Å². The molecule has 0 bridgehead atoms. The molecule has 6 heteroatoms. The minimum Gasteiger partial charge on any atom is -0.382 e. The van der Waals surface area contributed by atoms with Gasteiger partial charge in [0.05, 0.1) is 10.6 Å². The van der Waals surface area contributed by atoms with E-state index in [-0.39, 0.29) is 18.3 Å². The number of benzene rings is 2. The number of amides is 1. The summed E-state index contributed by atoms with van der Waals surface area (Å²) in [4.78, 5) is 14.7. The maximum Gasteiger partial charge on any atom is 0.257 e. The first kappa shape index (κ1) is 19.6. The van der Waals surface area contributed by atoms with Crippen molar-refractivity contribution >= 4 is 41.3 Å². The summed E-state index contributed by atoms with van der Waals surface area (Å²) in [6.45, 7) is 2.22. The third-order valence-electron chi connectivity index (χ3n) is 4.33. The second-order valence-electron chi connectivity index (χ2n) is 6.24. The zero-order valence-corrected chi connectivity index (χ0v) is 15.7. The molecule has 1 amide bonds. The molecule has 1 heterocycles. The first-order valence-corrected chi connectivity index (χ1v) is 8.60. The van der Waals surface area contributed by atoms with Gasteiger partial charge in [-0.2, -0.15) is 0 Å². The highest BCUT2D eigenvalue weighted by molar-refractivity contribution is 6.34. The molecule has 2 aromatic rings. The van der Waals surface area contributed by atoms with Crippen LogP contribution in [0.25, 0.3) is 0 Å². The fourth-order valence-electron chi connectivity index (χ4n) is 2.92. The van der Waals surface area contributed by atoms with Crippen molar-refractivity contribution in [2.75, 3.05) is 30.8 Å². The quantitative estimate of drug-likeness (QED) is 0.820. The molecule has 0 spiro atoms. The van der Waals surface area contributed by atoms with Crippen molar-refractivity contribution in [2.45, 2.75) is 18.9 Å². The van der Waals surface area contributed by atoms with Crippen LogP contribution in [0, 0.1) is 0 Å². The van der Waals surface area contributed by atoms with E-state index in [4.69, 9.17) is 11.6 Å². The van der Waals surface area contributed by atoms with Gasteiger partial charge < -0.3 is 15.5 Å². The third-order valence-corrected chi connectivity index (χ3v) is 4.66. The van der Waals surface area contributed by atoms with Gasteiger partial charge in [0.2, 0.25) is 0 Å². The molecule has 3 rings (SSSR count). The van der Waals surface area contributed by atoms with Gasteiger partial charge in [-0.3, -0.25) is 4.79 Å². The SMILES string of the molecule is CN1CCC(Nc2cccc(NC(=O)c3ccccc3Cl)c2)CC1.Cl. The number of likely N-dealkylation sites (tertiary alicyclic amines) is 1. The highest BCUT2D eigenvalue weighted by Crippen LogP contribution is 2.21. The molecular weight excluding hydrogens is 357 g/mol. The summed E-state index contributed by atoms with van der Waals surface area (Å²) in [6, 6.07) is 15.4. The van der Waals surface area contributed by atoms with Gasteiger partial charge in [-0.15, -0.1) is 12.4 Å². The van der Waals surface area contributed by atoms with Crippen molar-refractivity contribution in [1.29, 1.82) is 0 Å². The molecule has 4 nitrogen and oxygen atoms in total. The molecule has 0 saturated carbocycles. The average Bonchev–Trinajstić information content (AvgIpc) is 2.58. The van der Waals surface area contributed by atoms with Gasteiger partial charge in [-0.05, 0) is 63.3 Å². The number of rotatable bonds is 4. The summed E-state index contributed by atoms with van der Waals surface area (Å²) in [5.74, 6) is -0.197. The van der Waals surface area contributed by atoms with Gasteiger partial charge in [-0.1, -0.05) is 29.8 Å². The fourth-order valence-corrected chi connectivity index (χ4v) is 3.14. The Morgan fingerprint density at radius 1 is 1.08 bits per heavy atom. The number of halogens is 2. The second-order valence-corrected chi connectivity index (χ2v) is 6.64. The predicted octanol–water partition coefficient (Wildman–Crippen LogP) is 4.52. The Hall–Kier alpha value is -1.75. The molecule has 0 aromatic heterocycles. The van der Waals surface area contributed by atoms with E-state index in [1.54, 1.807) is 18.2 Å². The van der Waals surface area contributed by atoms with Gasteiger partial charge >= 0.3 is 0 Å². The third kappa shape index (κ3) is 5.36. The molecule has 134 valence electrons. The standard InChI is InChI=1S/C19H22ClN3O.ClH/c1-23-11-9-14(10-12-23)21-15-5-4-6-16(13-15)22-19(24)17-7-2-3-8-18(17)20;/h2-8,13-14,21H,9-12H2,1H3,(H,22,24);1H. The molecule has 25 heavy (non-hydrogen) atoms. The summed E-state index contributed by atoms with van der Waals surface area (Å²) in [5, 5.41) is 6.93. The van der Waals surface area contributed by atoms with Crippen LogP contribution in [-0.2, 0) is 0 Å². The molecule has 1 saturated heterocycles. The summed E-state index contributed by atoms with van der Waals surface area (Å²) in [5.41, 5.74) is 2.27. The van der Waals surface area contributed by atoms with Gasteiger partial charge in [0.15, 0.2) is 0 Å². The van der Waals surface area contributed by atoms with E-state index >= 15 is 0 Å². The van der Waals surface area contributed by atoms with Crippen molar-refractivity contribution in [3.8, 4) is 0 Å². The van der Waals surface area contributed by atoms with Crippen LogP contribution in [0.1, 0.15) is 23.2 Å². The minimum atomic E-state index is -0.197. The lowest BCUT2D eigenvalue weighted by atomic mass is 10.1. The Morgan fingerprint density at radius 2 is 1.76 bits per heavy atom. The summed E-state index contributed by atoms with van der Waals surface area (Å²) in [7, 11) is 2.15. The fraction of sp³-hybridized carbons (Fsp3) is 0.316. The molecule has 0 radical (unpaired) electrons. The minimum absolute atomic E-state index is 0. The van der Waals surface area contributed by atoms with Crippen LogP contribution < -0.4 is 10.6 Å². The maximum atomic E-state index is 12.4. The average molecular weight is 380 g/mol. The number of anilines is 2. The van der Waals surface area contributed by atoms with Crippen LogP contribution in [0.15, 0.2) is 48.5 Å². The van der Waals surface area contributed by atoms with E-state index in [1.807, 2.05) is 30.3 Å². The molecule has 1 aliphatic rings. The van der Waals surface area contributed by atoms with Crippen LogP contribution in [0.4, 0.5) is 11.4 Å². The molecule has 2 N–H and O–H groups in total. The number of hydrogen-bond acceptors (Lipinski definition) is 3. The van der Waals surface area contributed by atoms with Crippen LogP contribution in [-0.4, -0.2) is 37.0 Å². The van der Waals surface area contributed by atoms with Crippen LogP contribution in [0.3, 0.4) is 0 Å². The van der Waals surface area contributed by atoms with Gasteiger partial charge in [0.25, 0.3) is 5.91 Å². The van der Waals surface area contributed by atoms with Gasteiger partial charge in [-0.25, -0.2) is 0 Å². The first-order chi connectivity index (χ1) is 11.6.